The number of likely N-dealkylation sites (N-methyl/N-ethyl adjacent to an activating group) is 1. The van der Waals surface area contributed by atoms with E-state index in [9.17, 15) is 14.7 Å². The minimum absolute atomic E-state index is 0.171. The van der Waals surface area contributed by atoms with Gasteiger partial charge in [0.25, 0.3) is 0 Å². The summed E-state index contributed by atoms with van der Waals surface area (Å²) >= 11 is 5.98. The molecule has 0 saturated carbocycles. The van der Waals surface area contributed by atoms with Crippen LogP contribution in [0.5, 0.6) is 0 Å². The van der Waals surface area contributed by atoms with Crippen LogP contribution in [0.25, 0.3) is 0 Å². The highest BCUT2D eigenvalue weighted by Crippen LogP contribution is 2.46. The third kappa shape index (κ3) is 3.82. The lowest BCUT2D eigenvalue weighted by Crippen LogP contribution is -2.46. The van der Waals surface area contributed by atoms with Gasteiger partial charge in [0.1, 0.15) is 5.54 Å². The van der Waals surface area contributed by atoms with Crippen molar-refractivity contribution < 1.29 is 14.7 Å². The van der Waals surface area contributed by atoms with Gasteiger partial charge in [-0.25, -0.2) is 0 Å². The Kier molecular flexibility index (Phi) is 5.48. The Labute approximate surface area is 163 Å². The Hall–Kier alpha value is -2.44. The molecule has 142 valence electrons. The van der Waals surface area contributed by atoms with Crippen molar-refractivity contribution in [1.82, 2.24) is 15.2 Å². The molecule has 2 aromatic rings. The second kappa shape index (κ2) is 7.66. The number of nitrogens with zero attached hydrogens (tertiary/aromatic N) is 2. The fourth-order valence-corrected chi connectivity index (χ4v) is 3.80. The van der Waals surface area contributed by atoms with E-state index in [1.54, 1.807) is 43.4 Å². The molecule has 0 aliphatic carbocycles. The van der Waals surface area contributed by atoms with Gasteiger partial charge in [0.15, 0.2) is 0 Å². The lowest BCUT2D eigenvalue weighted by molar-refractivity contribution is -0.148. The summed E-state index contributed by atoms with van der Waals surface area (Å²) in [4.78, 5) is 30.7. The average molecular weight is 388 g/mol. The van der Waals surface area contributed by atoms with Gasteiger partial charge < -0.3 is 10.4 Å². The Bertz CT molecular complexity index is 828. The molecule has 1 amide bonds. The molecular formula is C20H22ClN3O3. The standard InChI is InChI=1S/C20H22ClN3O3/c1-20(19(26)27)10-16(18(25)23-12-13-4-3-9-22-11-13)17(24(20)2)14-5-7-15(21)8-6-14/h3-9,11,16-17H,10,12H2,1-2H3,(H,23,25)(H,26,27)/t16-,17-,20-/m1/s1. The van der Waals surface area contributed by atoms with Crippen LogP contribution >= 0.6 is 11.6 Å². The highest BCUT2D eigenvalue weighted by molar-refractivity contribution is 6.30. The van der Waals surface area contributed by atoms with Crippen molar-refractivity contribution in [3.05, 3.63) is 64.9 Å². The number of likely N-dealkylation sites (tertiary alicyclic amines) is 1. The van der Waals surface area contributed by atoms with Crippen LogP contribution in [0, 0.1) is 5.92 Å². The molecule has 0 bridgehead atoms. The van der Waals surface area contributed by atoms with Gasteiger partial charge in [-0.2, -0.15) is 0 Å². The number of carboxylic acids is 1. The van der Waals surface area contributed by atoms with Gasteiger partial charge in [-0.3, -0.25) is 19.5 Å². The molecule has 1 saturated heterocycles. The van der Waals surface area contributed by atoms with Crippen LogP contribution in [0.4, 0.5) is 0 Å². The zero-order valence-electron chi connectivity index (χ0n) is 15.2. The van der Waals surface area contributed by atoms with Crippen LogP contribution < -0.4 is 5.32 Å². The fourth-order valence-electron chi connectivity index (χ4n) is 3.67. The Morgan fingerprint density at radius 2 is 2.04 bits per heavy atom. The van der Waals surface area contributed by atoms with Crippen molar-refractivity contribution >= 4 is 23.5 Å². The van der Waals surface area contributed by atoms with Crippen LogP contribution in [0.15, 0.2) is 48.8 Å². The molecule has 0 unspecified atom stereocenters. The van der Waals surface area contributed by atoms with E-state index in [-0.39, 0.29) is 18.4 Å². The second-order valence-electron chi connectivity index (χ2n) is 7.08. The zero-order chi connectivity index (χ0) is 19.6. The number of hydrogen-bond acceptors (Lipinski definition) is 4. The number of benzene rings is 1. The number of aromatic nitrogens is 1. The lowest BCUT2D eigenvalue weighted by Gasteiger charge is -2.32. The number of amides is 1. The van der Waals surface area contributed by atoms with E-state index in [2.05, 4.69) is 10.3 Å². The van der Waals surface area contributed by atoms with Crippen molar-refractivity contribution in [1.29, 1.82) is 0 Å². The fraction of sp³-hybridized carbons (Fsp3) is 0.350. The maximum Gasteiger partial charge on any atom is 0.323 e. The van der Waals surface area contributed by atoms with Crippen molar-refractivity contribution in [2.24, 2.45) is 5.92 Å². The van der Waals surface area contributed by atoms with E-state index >= 15 is 0 Å². The number of carboxylic acid groups (broad SMARTS) is 1. The molecule has 2 N–H and O–H groups in total. The normalized spacial score (nSPS) is 25.3. The molecule has 3 atom stereocenters. The zero-order valence-corrected chi connectivity index (χ0v) is 16.0. The Balaban J connectivity index is 1.86. The van der Waals surface area contributed by atoms with Gasteiger partial charge in [-0.05, 0) is 49.7 Å². The number of nitrogens with one attached hydrogen (secondary N) is 1. The van der Waals surface area contributed by atoms with Gasteiger partial charge in [0, 0.05) is 30.0 Å². The maximum absolute atomic E-state index is 12.9. The van der Waals surface area contributed by atoms with Gasteiger partial charge in [0.2, 0.25) is 5.91 Å². The molecule has 3 rings (SSSR count). The summed E-state index contributed by atoms with van der Waals surface area (Å²) < 4.78 is 0. The first-order chi connectivity index (χ1) is 12.8. The van der Waals surface area contributed by atoms with Crippen LogP contribution in [-0.4, -0.2) is 39.5 Å². The van der Waals surface area contributed by atoms with Gasteiger partial charge in [0.05, 0.1) is 5.92 Å². The quantitative estimate of drug-likeness (QED) is 0.824. The predicted molar refractivity (Wildman–Crippen MR) is 102 cm³/mol. The third-order valence-electron chi connectivity index (χ3n) is 5.39. The van der Waals surface area contributed by atoms with Crippen molar-refractivity contribution in [3.8, 4) is 0 Å². The van der Waals surface area contributed by atoms with Gasteiger partial charge in [-0.15, -0.1) is 0 Å². The number of carbonyl (C=O) groups is 2. The summed E-state index contributed by atoms with van der Waals surface area (Å²) in [6.07, 6.45) is 3.59. The number of halogens is 1. The van der Waals surface area contributed by atoms with E-state index in [0.29, 0.717) is 11.6 Å². The molecule has 7 heteroatoms. The summed E-state index contributed by atoms with van der Waals surface area (Å²) in [7, 11) is 1.75. The monoisotopic (exact) mass is 387 g/mol. The molecule has 1 aromatic heterocycles. The first kappa shape index (κ1) is 19.3. The second-order valence-corrected chi connectivity index (χ2v) is 7.51. The van der Waals surface area contributed by atoms with E-state index in [1.165, 1.54) is 0 Å². The molecule has 1 fully saturated rings. The maximum atomic E-state index is 12.9. The third-order valence-corrected chi connectivity index (χ3v) is 5.64. The van der Waals surface area contributed by atoms with Gasteiger partial charge in [-0.1, -0.05) is 29.8 Å². The summed E-state index contributed by atoms with van der Waals surface area (Å²) in [6, 6.07) is 10.5. The Morgan fingerprint density at radius 3 is 2.63 bits per heavy atom. The van der Waals surface area contributed by atoms with Crippen LogP contribution in [0.1, 0.15) is 30.5 Å². The first-order valence-electron chi connectivity index (χ1n) is 8.71. The van der Waals surface area contributed by atoms with Crippen molar-refractivity contribution in [3.63, 3.8) is 0 Å². The van der Waals surface area contributed by atoms with Crippen LogP contribution in [-0.2, 0) is 16.1 Å². The van der Waals surface area contributed by atoms with E-state index in [4.69, 9.17) is 11.6 Å². The SMILES string of the molecule is CN1[C@H](c2ccc(Cl)cc2)[C@H](C(=O)NCc2cccnc2)C[C@]1(C)C(=O)O. The molecule has 0 spiro atoms. The number of pyridine rings is 1. The number of hydrogen-bond donors (Lipinski definition) is 2. The minimum atomic E-state index is -1.12. The van der Waals surface area contributed by atoms with E-state index in [1.807, 2.05) is 24.3 Å². The molecule has 2 heterocycles. The van der Waals surface area contributed by atoms with Crippen molar-refractivity contribution in [2.75, 3.05) is 7.05 Å². The Morgan fingerprint density at radius 1 is 1.33 bits per heavy atom. The summed E-state index contributed by atoms with van der Waals surface area (Å²) in [5, 5.41) is 13.3. The lowest BCUT2D eigenvalue weighted by atomic mass is 9.89. The number of rotatable bonds is 5. The van der Waals surface area contributed by atoms with Crippen LogP contribution in [0.3, 0.4) is 0 Å². The largest absolute Gasteiger partial charge is 0.480 e. The molecule has 0 radical (unpaired) electrons. The van der Waals surface area contributed by atoms with Crippen LogP contribution in [0.2, 0.25) is 5.02 Å². The minimum Gasteiger partial charge on any atom is -0.480 e. The molecule has 1 aromatic carbocycles. The molecule has 1 aliphatic heterocycles. The number of carbonyl (C=O) groups excluding carboxylic acids is 1. The smallest absolute Gasteiger partial charge is 0.323 e. The molecular weight excluding hydrogens is 366 g/mol. The first-order valence-corrected chi connectivity index (χ1v) is 9.09. The molecule has 1 aliphatic rings. The topological polar surface area (TPSA) is 82.5 Å². The number of aliphatic carboxylic acids is 1. The highest BCUT2D eigenvalue weighted by Gasteiger charge is 2.54. The van der Waals surface area contributed by atoms with E-state index in [0.717, 1.165) is 11.1 Å². The van der Waals surface area contributed by atoms with Gasteiger partial charge >= 0.3 is 5.97 Å². The summed E-state index contributed by atoms with van der Waals surface area (Å²) in [6.45, 7) is 2.01. The summed E-state index contributed by atoms with van der Waals surface area (Å²) in [5.41, 5.74) is 0.635. The molecule has 6 nitrogen and oxygen atoms in total. The molecule has 27 heavy (non-hydrogen) atoms. The highest BCUT2D eigenvalue weighted by atomic mass is 35.5. The predicted octanol–water partition coefficient (Wildman–Crippen LogP) is 2.89. The van der Waals surface area contributed by atoms with E-state index < -0.39 is 17.4 Å². The van der Waals surface area contributed by atoms with Crippen molar-refractivity contribution in [2.45, 2.75) is 31.5 Å². The summed E-state index contributed by atoms with van der Waals surface area (Å²) in [5.74, 6) is -1.60. The average Bonchev–Trinajstić information content (AvgIpc) is 2.94.